The Morgan fingerprint density at radius 2 is 1.96 bits per heavy atom. The van der Waals surface area contributed by atoms with E-state index in [1.165, 1.54) is 5.57 Å². The molecule has 3 fully saturated rings. The van der Waals surface area contributed by atoms with Gasteiger partial charge >= 0.3 is 5.97 Å². The van der Waals surface area contributed by atoms with E-state index in [9.17, 15) is 14.7 Å². The van der Waals surface area contributed by atoms with Gasteiger partial charge in [0.15, 0.2) is 5.78 Å². The first-order valence-corrected chi connectivity index (χ1v) is 11.3. The van der Waals surface area contributed by atoms with Gasteiger partial charge in [-0.05, 0) is 92.4 Å². The maximum absolute atomic E-state index is 13.5. The molecule has 28 heavy (non-hydrogen) atoms. The van der Waals surface area contributed by atoms with Crippen LogP contribution in [0.1, 0.15) is 78.6 Å². The lowest BCUT2D eigenvalue weighted by molar-refractivity contribution is -0.137. The van der Waals surface area contributed by atoms with Gasteiger partial charge in [0.1, 0.15) is 0 Å². The molecule has 4 nitrogen and oxygen atoms in total. The first-order valence-electron chi connectivity index (χ1n) is 11.3. The van der Waals surface area contributed by atoms with Crippen molar-refractivity contribution >= 4 is 11.8 Å². The minimum absolute atomic E-state index is 0.0755. The molecule has 4 aliphatic rings. The van der Waals surface area contributed by atoms with Gasteiger partial charge in [-0.25, -0.2) is 0 Å². The Morgan fingerprint density at radius 1 is 1.21 bits per heavy atom. The molecule has 0 saturated heterocycles. The van der Waals surface area contributed by atoms with Gasteiger partial charge in [0.25, 0.3) is 0 Å². The summed E-state index contributed by atoms with van der Waals surface area (Å²) in [7, 11) is 0. The quantitative estimate of drug-likeness (QED) is 0.738. The number of allylic oxidation sites excluding steroid dienone is 2. The molecule has 4 heteroatoms. The Bertz CT molecular complexity index is 697. The third kappa shape index (κ3) is 2.89. The maximum atomic E-state index is 13.5. The van der Waals surface area contributed by atoms with Gasteiger partial charge in [-0.15, -0.1) is 0 Å². The molecule has 0 aromatic carbocycles. The second-order valence-corrected chi connectivity index (χ2v) is 10.7. The maximum Gasteiger partial charge on any atom is 0.303 e. The van der Waals surface area contributed by atoms with E-state index in [1.54, 1.807) is 0 Å². The summed E-state index contributed by atoms with van der Waals surface area (Å²) in [6, 6.07) is 0. The number of rotatable bonds is 4. The summed E-state index contributed by atoms with van der Waals surface area (Å²) in [4.78, 5) is 24.6. The molecule has 3 saturated carbocycles. The molecule has 0 heterocycles. The average Bonchev–Trinajstić information content (AvgIpc) is 3.00. The lowest BCUT2D eigenvalue weighted by Gasteiger charge is -2.56. The van der Waals surface area contributed by atoms with Gasteiger partial charge in [-0.3, -0.25) is 9.59 Å². The molecule has 0 aliphatic heterocycles. The van der Waals surface area contributed by atoms with Crippen LogP contribution in [0.25, 0.3) is 0 Å². The Balaban J connectivity index is 1.63. The standard InChI is InChI=1S/C24H36O4/c1-14(4-9-22(27)28)18-7-8-19-17-6-5-15-12-16(25)10-11-23(15,2)20(17)13-21(26)24(18,19)3/h13-19,25H,4-12H2,1-3H3,(H,27,28)/t14?,15?,16-,17?,18?,19?,23+,24-/m1/s1. The number of aliphatic carboxylic acids is 1. The number of hydrogen-bond acceptors (Lipinski definition) is 3. The molecule has 4 aliphatic carbocycles. The number of fused-ring (bicyclic) bond motifs is 5. The molecular weight excluding hydrogens is 352 g/mol. The van der Waals surface area contributed by atoms with Crippen LogP contribution in [0.3, 0.4) is 0 Å². The summed E-state index contributed by atoms with van der Waals surface area (Å²) in [5.41, 5.74) is 1.14. The van der Waals surface area contributed by atoms with Gasteiger partial charge in [0.05, 0.1) is 6.10 Å². The molecule has 0 spiro atoms. The van der Waals surface area contributed by atoms with Crippen molar-refractivity contribution in [1.29, 1.82) is 0 Å². The number of carbonyl (C=O) groups excluding carboxylic acids is 1. The predicted octanol–water partition coefficient (Wildman–Crippen LogP) is 4.61. The van der Waals surface area contributed by atoms with E-state index in [1.807, 2.05) is 6.08 Å². The molecule has 4 rings (SSSR count). The van der Waals surface area contributed by atoms with Crippen LogP contribution in [0.2, 0.25) is 0 Å². The number of carbonyl (C=O) groups is 2. The lowest BCUT2D eigenvalue weighted by Crippen LogP contribution is -2.52. The third-order valence-corrected chi connectivity index (χ3v) is 9.47. The summed E-state index contributed by atoms with van der Waals surface area (Å²) < 4.78 is 0. The Labute approximate surface area is 168 Å². The highest BCUT2D eigenvalue weighted by atomic mass is 16.4. The summed E-state index contributed by atoms with van der Waals surface area (Å²) in [6.45, 7) is 6.68. The molecule has 0 aromatic heterocycles. The molecule has 0 bridgehead atoms. The Kier molecular flexibility index (Phi) is 5.01. The normalized spacial score (nSPS) is 46.2. The minimum atomic E-state index is -0.741. The van der Waals surface area contributed by atoms with E-state index in [-0.39, 0.29) is 29.3 Å². The van der Waals surface area contributed by atoms with E-state index in [0.717, 1.165) is 44.9 Å². The summed E-state index contributed by atoms with van der Waals surface area (Å²) in [5.74, 6) is 1.51. The summed E-state index contributed by atoms with van der Waals surface area (Å²) in [5, 5.41) is 19.2. The highest BCUT2D eigenvalue weighted by Crippen LogP contribution is 2.65. The Hall–Kier alpha value is -1.16. The smallest absolute Gasteiger partial charge is 0.303 e. The van der Waals surface area contributed by atoms with Crippen LogP contribution in [0.4, 0.5) is 0 Å². The second-order valence-electron chi connectivity index (χ2n) is 10.7. The zero-order chi connectivity index (χ0) is 20.3. The summed E-state index contributed by atoms with van der Waals surface area (Å²) >= 11 is 0. The van der Waals surface area contributed by atoms with Crippen molar-refractivity contribution < 1.29 is 19.8 Å². The van der Waals surface area contributed by atoms with E-state index < -0.39 is 5.97 Å². The monoisotopic (exact) mass is 388 g/mol. The van der Waals surface area contributed by atoms with Crippen molar-refractivity contribution in [1.82, 2.24) is 0 Å². The number of aliphatic hydroxyl groups is 1. The number of hydrogen-bond donors (Lipinski definition) is 2. The topological polar surface area (TPSA) is 74.6 Å². The first-order chi connectivity index (χ1) is 13.2. The van der Waals surface area contributed by atoms with E-state index in [4.69, 9.17) is 5.11 Å². The SMILES string of the molecule is CC(CCC(=O)O)C1CCC2C3CCC4C[C@H](O)CC[C@]4(C)C3=CC(=O)[C@]12C. The number of aliphatic hydroxyl groups excluding tert-OH is 1. The van der Waals surface area contributed by atoms with Crippen LogP contribution in [-0.2, 0) is 9.59 Å². The highest BCUT2D eigenvalue weighted by Gasteiger charge is 2.60. The van der Waals surface area contributed by atoms with Crippen molar-refractivity contribution in [2.75, 3.05) is 0 Å². The van der Waals surface area contributed by atoms with Gasteiger partial charge in [-0.1, -0.05) is 26.3 Å². The van der Waals surface area contributed by atoms with Crippen molar-refractivity contribution in [2.24, 2.45) is 40.4 Å². The zero-order valence-electron chi connectivity index (χ0n) is 17.6. The van der Waals surface area contributed by atoms with Crippen LogP contribution < -0.4 is 0 Å². The fourth-order valence-electron chi connectivity index (χ4n) is 7.79. The van der Waals surface area contributed by atoms with E-state index in [2.05, 4.69) is 20.8 Å². The number of carboxylic acids is 1. The minimum Gasteiger partial charge on any atom is -0.481 e. The zero-order valence-corrected chi connectivity index (χ0v) is 17.6. The fraction of sp³-hybridized carbons (Fsp3) is 0.833. The molecule has 156 valence electrons. The first kappa shape index (κ1) is 20.1. The largest absolute Gasteiger partial charge is 0.481 e. The molecule has 2 N–H and O–H groups in total. The molecule has 5 unspecified atom stereocenters. The van der Waals surface area contributed by atoms with Crippen molar-refractivity contribution in [2.45, 2.75) is 84.7 Å². The predicted molar refractivity (Wildman–Crippen MR) is 108 cm³/mol. The fourth-order valence-corrected chi connectivity index (χ4v) is 7.79. The van der Waals surface area contributed by atoms with Crippen molar-refractivity contribution in [3.8, 4) is 0 Å². The number of carboxylic acid groups (broad SMARTS) is 1. The van der Waals surface area contributed by atoms with Crippen molar-refractivity contribution in [3.05, 3.63) is 11.6 Å². The van der Waals surface area contributed by atoms with Gasteiger partial charge in [0.2, 0.25) is 0 Å². The second kappa shape index (κ2) is 6.97. The van der Waals surface area contributed by atoms with Gasteiger partial charge in [0, 0.05) is 11.8 Å². The molecule has 0 amide bonds. The van der Waals surface area contributed by atoms with E-state index in [0.29, 0.717) is 35.9 Å². The lowest BCUT2D eigenvalue weighted by atomic mass is 9.48. The highest BCUT2D eigenvalue weighted by molar-refractivity contribution is 5.97. The van der Waals surface area contributed by atoms with Crippen LogP contribution in [0.15, 0.2) is 11.6 Å². The van der Waals surface area contributed by atoms with Crippen LogP contribution in [-0.4, -0.2) is 28.1 Å². The van der Waals surface area contributed by atoms with E-state index >= 15 is 0 Å². The molecular formula is C24H36O4. The van der Waals surface area contributed by atoms with Crippen LogP contribution >= 0.6 is 0 Å². The van der Waals surface area contributed by atoms with Gasteiger partial charge in [-0.2, -0.15) is 0 Å². The van der Waals surface area contributed by atoms with Crippen molar-refractivity contribution in [3.63, 3.8) is 0 Å². The summed E-state index contributed by atoms with van der Waals surface area (Å²) in [6.07, 6.45) is 9.87. The van der Waals surface area contributed by atoms with Crippen LogP contribution in [0, 0.1) is 40.4 Å². The molecule has 0 aromatic rings. The third-order valence-electron chi connectivity index (χ3n) is 9.47. The molecule has 0 radical (unpaired) electrons. The van der Waals surface area contributed by atoms with Crippen LogP contribution in [0.5, 0.6) is 0 Å². The van der Waals surface area contributed by atoms with Gasteiger partial charge < -0.3 is 10.2 Å². The number of ketones is 1. The molecule has 8 atom stereocenters. The Morgan fingerprint density at radius 3 is 2.68 bits per heavy atom. The average molecular weight is 389 g/mol.